The van der Waals surface area contributed by atoms with E-state index in [4.69, 9.17) is 40.2 Å². The van der Waals surface area contributed by atoms with Crippen LogP contribution in [-0.4, -0.2) is 21.3 Å². The third-order valence-electron chi connectivity index (χ3n) is 3.33. The number of nitrogens with one attached hydrogen (secondary N) is 1. The van der Waals surface area contributed by atoms with Crippen molar-refractivity contribution in [3.8, 4) is 0 Å². The van der Waals surface area contributed by atoms with Crippen LogP contribution in [0.4, 0.5) is 0 Å². The average molecular weight is 369 g/mol. The third kappa shape index (κ3) is 3.80. The molecule has 1 aliphatic rings. The van der Waals surface area contributed by atoms with Gasteiger partial charge in [-0.1, -0.05) is 41.7 Å². The smallest absolute Gasteiger partial charge is 0.0704 e. The van der Waals surface area contributed by atoms with Gasteiger partial charge in [-0.2, -0.15) is 0 Å². The molecule has 1 heterocycles. The summed E-state index contributed by atoms with van der Waals surface area (Å²) in [6.07, 6.45) is 4.15. The highest BCUT2D eigenvalue weighted by Crippen LogP contribution is 2.53. The lowest BCUT2D eigenvalue weighted by molar-refractivity contribution is 0.835. The van der Waals surface area contributed by atoms with Gasteiger partial charge in [-0.3, -0.25) is 0 Å². The minimum atomic E-state index is -0.0243. The van der Waals surface area contributed by atoms with E-state index in [9.17, 15) is 0 Å². The van der Waals surface area contributed by atoms with Crippen molar-refractivity contribution in [2.45, 2.75) is 35.5 Å². The van der Waals surface area contributed by atoms with Crippen molar-refractivity contribution in [1.82, 2.24) is 0 Å². The maximum absolute atomic E-state index is 7.48. The van der Waals surface area contributed by atoms with Gasteiger partial charge in [0.15, 0.2) is 0 Å². The first kappa shape index (κ1) is 16.8. The molecule has 0 aliphatic carbocycles. The van der Waals surface area contributed by atoms with Gasteiger partial charge in [0.25, 0.3) is 0 Å². The van der Waals surface area contributed by atoms with E-state index in [2.05, 4.69) is 6.92 Å². The molecule has 1 N–H and O–H groups in total. The molecule has 0 bridgehead atoms. The van der Waals surface area contributed by atoms with Crippen LogP contribution < -0.4 is 0 Å². The Morgan fingerprint density at radius 3 is 2.50 bits per heavy atom. The van der Waals surface area contributed by atoms with Gasteiger partial charge in [-0.25, -0.2) is 0 Å². The number of halogens is 3. The fourth-order valence-corrected chi connectivity index (χ4v) is 6.92. The number of thioether (sulfide) groups is 2. The normalized spacial score (nSPS) is 25.9. The van der Waals surface area contributed by atoms with Crippen molar-refractivity contribution >= 4 is 64.5 Å². The Hall–Kier alpha value is 0.460. The van der Waals surface area contributed by atoms with Crippen molar-refractivity contribution in [2.75, 3.05) is 5.75 Å². The van der Waals surface area contributed by atoms with Crippen molar-refractivity contribution < 1.29 is 0 Å². The molecule has 1 saturated heterocycles. The van der Waals surface area contributed by atoms with E-state index < -0.39 is 0 Å². The van der Waals surface area contributed by atoms with Gasteiger partial charge in [0.1, 0.15) is 0 Å². The summed E-state index contributed by atoms with van der Waals surface area (Å²) >= 11 is 22.5. The van der Waals surface area contributed by atoms with Crippen molar-refractivity contribution in [1.29, 1.82) is 5.41 Å². The molecule has 1 aromatic carbocycles. The first-order chi connectivity index (χ1) is 9.49. The Kier molecular flexibility index (Phi) is 6.01. The highest BCUT2D eigenvalue weighted by molar-refractivity contribution is 8.21. The van der Waals surface area contributed by atoms with E-state index >= 15 is 0 Å². The number of rotatable bonds is 5. The van der Waals surface area contributed by atoms with Crippen LogP contribution in [0.1, 0.15) is 25.3 Å². The quantitative estimate of drug-likeness (QED) is 0.627. The molecule has 0 amide bonds. The maximum Gasteiger partial charge on any atom is 0.0704 e. The van der Waals surface area contributed by atoms with Crippen LogP contribution in [0.3, 0.4) is 0 Å². The first-order valence-corrected chi connectivity index (χ1v) is 9.43. The topological polar surface area (TPSA) is 23.9 Å². The van der Waals surface area contributed by atoms with Gasteiger partial charge < -0.3 is 5.41 Å². The van der Waals surface area contributed by atoms with E-state index in [0.29, 0.717) is 20.3 Å². The average Bonchev–Trinajstić information content (AvgIpc) is 2.78. The Morgan fingerprint density at radius 2 is 2.00 bits per heavy atom. The van der Waals surface area contributed by atoms with Gasteiger partial charge in [0.2, 0.25) is 0 Å². The van der Waals surface area contributed by atoms with Crippen LogP contribution in [-0.2, 0) is 6.42 Å². The van der Waals surface area contributed by atoms with Crippen LogP contribution in [0.2, 0.25) is 15.1 Å². The summed E-state index contributed by atoms with van der Waals surface area (Å²) in [6, 6.07) is 3.48. The summed E-state index contributed by atoms with van der Waals surface area (Å²) in [6.45, 7) is 2.21. The van der Waals surface area contributed by atoms with Crippen molar-refractivity contribution in [3.05, 3.63) is 32.8 Å². The Morgan fingerprint density at radius 1 is 1.35 bits per heavy atom. The molecule has 1 aromatic rings. The Balaban J connectivity index is 2.28. The van der Waals surface area contributed by atoms with Crippen LogP contribution in [0.15, 0.2) is 12.1 Å². The van der Waals surface area contributed by atoms with E-state index in [1.807, 2.05) is 23.5 Å². The molecule has 0 saturated carbocycles. The zero-order chi connectivity index (χ0) is 14.8. The van der Waals surface area contributed by atoms with Crippen LogP contribution in [0.5, 0.6) is 0 Å². The largest absolute Gasteiger partial charge is 0.313 e. The molecule has 0 aromatic heterocycles. The number of hydrogen-bond acceptors (Lipinski definition) is 3. The molecule has 0 spiro atoms. The summed E-state index contributed by atoms with van der Waals surface area (Å²) in [5.41, 5.74) is 0.941. The van der Waals surface area contributed by atoms with E-state index in [1.54, 1.807) is 12.1 Å². The molecular formula is C14H16Cl3NS2. The predicted octanol–water partition coefficient (Wildman–Crippen LogP) is 6.18. The molecule has 1 fully saturated rings. The van der Waals surface area contributed by atoms with Gasteiger partial charge in [0.05, 0.1) is 4.08 Å². The molecule has 20 heavy (non-hydrogen) atoms. The molecule has 6 heteroatoms. The highest BCUT2D eigenvalue weighted by atomic mass is 35.5. The molecule has 2 atom stereocenters. The molecule has 1 nitrogen and oxygen atoms in total. The zero-order valence-electron chi connectivity index (χ0n) is 11.1. The van der Waals surface area contributed by atoms with Crippen molar-refractivity contribution in [3.63, 3.8) is 0 Å². The van der Waals surface area contributed by atoms with Gasteiger partial charge in [-0.15, -0.1) is 23.5 Å². The highest BCUT2D eigenvalue weighted by Gasteiger charge is 2.40. The summed E-state index contributed by atoms with van der Waals surface area (Å²) in [5.74, 6) is 1.12. The molecule has 2 rings (SSSR count). The van der Waals surface area contributed by atoms with Crippen LogP contribution >= 0.6 is 58.3 Å². The monoisotopic (exact) mass is 367 g/mol. The van der Waals surface area contributed by atoms with E-state index in [1.165, 1.54) is 6.21 Å². The van der Waals surface area contributed by atoms with E-state index in [0.717, 1.165) is 30.6 Å². The summed E-state index contributed by atoms with van der Waals surface area (Å²) in [5, 5.41) is 9.92. The second kappa shape index (κ2) is 7.15. The lowest BCUT2D eigenvalue weighted by Crippen LogP contribution is -2.22. The number of hydrogen-bond donors (Lipinski definition) is 1. The SMILES string of the molecule is CCC1CSC(CC=N)(Cc2c(Cl)cc(Cl)cc2Cl)S1. The van der Waals surface area contributed by atoms with Gasteiger partial charge >= 0.3 is 0 Å². The molecule has 1 aliphatic heterocycles. The van der Waals surface area contributed by atoms with Crippen molar-refractivity contribution in [2.24, 2.45) is 0 Å². The lowest BCUT2D eigenvalue weighted by Gasteiger charge is -2.27. The number of benzene rings is 1. The van der Waals surface area contributed by atoms with Gasteiger partial charge in [-0.05, 0) is 36.8 Å². The Labute approximate surface area is 143 Å². The van der Waals surface area contributed by atoms with Gasteiger partial charge in [0, 0.05) is 32.5 Å². The molecular weight excluding hydrogens is 353 g/mol. The summed E-state index contributed by atoms with van der Waals surface area (Å²) in [4.78, 5) is 0. The second-order valence-electron chi connectivity index (χ2n) is 4.80. The van der Waals surface area contributed by atoms with Crippen LogP contribution in [0.25, 0.3) is 0 Å². The predicted molar refractivity (Wildman–Crippen MR) is 95.4 cm³/mol. The zero-order valence-corrected chi connectivity index (χ0v) is 15.0. The lowest BCUT2D eigenvalue weighted by atomic mass is 10.1. The summed E-state index contributed by atoms with van der Waals surface area (Å²) in [7, 11) is 0. The first-order valence-electron chi connectivity index (χ1n) is 6.44. The van der Waals surface area contributed by atoms with Crippen LogP contribution in [0, 0.1) is 5.41 Å². The molecule has 2 unspecified atom stereocenters. The third-order valence-corrected chi connectivity index (χ3v) is 8.06. The minimum absolute atomic E-state index is 0.0243. The minimum Gasteiger partial charge on any atom is -0.313 e. The fourth-order valence-electron chi connectivity index (χ4n) is 2.26. The summed E-state index contributed by atoms with van der Waals surface area (Å²) < 4.78 is -0.0243. The molecule has 0 radical (unpaired) electrons. The molecule has 110 valence electrons. The van der Waals surface area contributed by atoms with E-state index in [-0.39, 0.29) is 4.08 Å². The fraction of sp³-hybridized carbons (Fsp3) is 0.500. The second-order valence-corrected chi connectivity index (χ2v) is 9.40. The Bertz CT molecular complexity index is 486. The standard InChI is InChI=1S/C14H16Cl3NS2/c1-2-10-8-19-14(20-10,3-4-18)7-11-12(16)5-9(15)6-13(11)17/h4-6,10,18H,2-3,7-8H2,1H3. The maximum atomic E-state index is 7.48.